The average Bonchev–Trinajstić information content (AvgIpc) is 2.96. The van der Waals surface area contributed by atoms with Crippen LogP contribution in [-0.2, 0) is 4.74 Å². The summed E-state index contributed by atoms with van der Waals surface area (Å²) >= 11 is 1.53. The summed E-state index contributed by atoms with van der Waals surface area (Å²) in [6.45, 7) is 5.66. The lowest BCUT2D eigenvalue weighted by Crippen LogP contribution is -2.43. The molecule has 1 aliphatic rings. The van der Waals surface area contributed by atoms with Crippen molar-refractivity contribution in [3.8, 4) is 0 Å². The van der Waals surface area contributed by atoms with Crippen LogP contribution in [0.4, 0.5) is 0 Å². The highest BCUT2D eigenvalue weighted by molar-refractivity contribution is 7.09. The van der Waals surface area contributed by atoms with E-state index in [1.807, 2.05) is 5.38 Å². The predicted molar refractivity (Wildman–Crippen MR) is 71.1 cm³/mol. The topological polar surface area (TPSA) is 63.2 Å². The molecule has 1 unspecified atom stereocenters. The summed E-state index contributed by atoms with van der Waals surface area (Å²) in [6.07, 6.45) is 0.0390. The fraction of sp³-hybridized carbons (Fsp3) is 0.667. The molecule has 0 aromatic carbocycles. The summed E-state index contributed by atoms with van der Waals surface area (Å²) in [4.78, 5) is 16.4. The molecular formula is C12H19N3O2S. The van der Waals surface area contributed by atoms with Gasteiger partial charge in [-0.3, -0.25) is 4.79 Å². The second-order valence-electron chi connectivity index (χ2n) is 4.74. The van der Waals surface area contributed by atoms with Crippen LogP contribution < -0.4 is 10.6 Å². The highest BCUT2D eigenvalue weighted by Crippen LogP contribution is 2.19. The van der Waals surface area contributed by atoms with Crippen LogP contribution in [0.3, 0.4) is 0 Å². The fourth-order valence-corrected chi connectivity index (χ4v) is 2.76. The summed E-state index contributed by atoms with van der Waals surface area (Å²) in [5.74, 6) is 0.241. The van der Waals surface area contributed by atoms with E-state index in [9.17, 15) is 4.79 Å². The molecule has 0 aliphatic carbocycles. The molecule has 1 aromatic heterocycles. The number of hydrogen-bond acceptors (Lipinski definition) is 5. The molecule has 1 saturated heterocycles. The van der Waals surface area contributed by atoms with Crippen LogP contribution in [-0.4, -0.2) is 43.2 Å². The molecule has 6 heteroatoms. The van der Waals surface area contributed by atoms with E-state index in [2.05, 4.69) is 29.5 Å². The van der Waals surface area contributed by atoms with Crippen molar-refractivity contribution >= 4 is 17.2 Å². The maximum absolute atomic E-state index is 12.0. The molecule has 0 bridgehead atoms. The van der Waals surface area contributed by atoms with Crippen LogP contribution in [0.5, 0.6) is 0 Å². The second kappa shape index (κ2) is 5.77. The number of hydrogen-bond donors (Lipinski definition) is 2. The Labute approximate surface area is 111 Å². The van der Waals surface area contributed by atoms with Gasteiger partial charge in [-0.25, -0.2) is 4.98 Å². The van der Waals surface area contributed by atoms with E-state index < -0.39 is 0 Å². The quantitative estimate of drug-likeness (QED) is 0.855. The number of methoxy groups -OCH3 is 1. The monoisotopic (exact) mass is 269 g/mol. The number of aromatic nitrogens is 1. The summed E-state index contributed by atoms with van der Waals surface area (Å²) < 4.78 is 5.31. The normalized spacial score (nSPS) is 23.6. The lowest BCUT2D eigenvalue weighted by atomic mass is 10.2. The van der Waals surface area contributed by atoms with E-state index in [1.54, 1.807) is 7.11 Å². The maximum Gasteiger partial charge on any atom is 0.271 e. The van der Waals surface area contributed by atoms with E-state index in [1.165, 1.54) is 11.3 Å². The summed E-state index contributed by atoms with van der Waals surface area (Å²) in [5, 5.41) is 8.97. The third-order valence-electron chi connectivity index (χ3n) is 3.03. The molecule has 2 heterocycles. The third kappa shape index (κ3) is 2.88. The first-order valence-electron chi connectivity index (χ1n) is 6.11. The minimum Gasteiger partial charge on any atom is -0.378 e. The first-order valence-corrected chi connectivity index (χ1v) is 6.99. The first kappa shape index (κ1) is 13.5. The summed E-state index contributed by atoms with van der Waals surface area (Å²) in [5.41, 5.74) is 0.505. The van der Waals surface area contributed by atoms with Crippen molar-refractivity contribution < 1.29 is 9.53 Å². The lowest BCUT2D eigenvalue weighted by Gasteiger charge is -2.17. The number of nitrogens with one attached hydrogen (secondary N) is 2. The van der Waals surface area contributed by atoms with Crippen LogP contribution in [0.15, 0.2) is 5.38 Å². The summed E-state index contributed by atoms with van der Waals surface area (Å²) in [7, 11) is 1.66. The molecule has 2 rings (SSSR count). The minimum absolute atomic E-state index is 0.0201. The molecule has 1 fully saturated rings. The number of ether oxygens (including phenoxy) is 1. The molecule has 1 aromatic rings. The number of carbonyl (C=O) groups is 1. The number of carbonyl (C=O) groups excluding carboxylic acids is 1. The Hall–Kier alpha value is -0.980. The fourth-order valence-electron chi connectivity index (χ4n) is 1.95. The molecule has 2 atom stereocenters. The smallest absolute Gasteiger partial charge is 0.271 e. The van der Waals surface area contributed by atoms with Crippen LogP contribution in [0.1, 0.15) is 35.3 Å². The van der Waals surface area contributed by atoms with Crippen LogP contribution >= 0.6 is 11.3 Å². The van der Waals surface area contributed by atoms with Crippen molar-refractivity contribution in [2.75, 3.05) is 20.2 Å². The SMILES string of the molecule is CO[C@H]1CNCC1NC(=O)c1csc(C(C)C)n1. The standard InChI is InChI=1S/C12H19N3O2S/c1-7(2)12-15-9(6-18-12)11(16)14-8-4-13-5-10(8)17-3/h6-8,10,13H,4-5H2,1-3H3,(H,14,16)/t8?,10-/m0/s1. The minimum atomic E-state index is -0.117. The van der Waals surface area contributed by atoms with Gasteiger partial charge < -0.3 is 15.4 Å². The molecule has 0 radical (unpaired) electrons. The van der Waals surface area contributed by atoms with Crippen molar-refractivity contribution in [1.29, 1.82) is 0 Å². The van der Waals surface area contributed by atoms with Gasteiger partial charge in [0.2, 0.25) is 0 Å². The van der Waals surface area contributed by atoms with Gasteiger partial charge in [-0.15, -0.1) is 11.3 Å². The number of thiazole rings is 1. The van der Waals surface area contributed by atoms with Crippen LogP contribution in [0.2, 0.25) is 0 Å². The lowest BCUT2D eigenvalue weighted by molar-refractivity contribution is 0.0776. The van der Waals surface area contributed by atoms with Crippen molar-refractivity contribution in [1.82, 2.24) is 15.6 Å². The Morgan fingerprint density at radius 1 is 1.61 bits per heavy atom. The maximum atomic E-state index is 12.0. The molecule has 2 N–H and O–H groups in total. The third-order valence-corrected chi connectivity index (χ3v) is 4.17. The van der Waals surface area contributed by atoms with Gasteiger partial charge in [-0.1, -0.05) is 13.8 Å². The summed E-state index contributed by atoms with van der Waals surface area (Å²) in [6, 6.07) is 0.0201. The Morgan fingerprint density at radius 2 is 2.39 bits per heavy atom. The molecule has 1 aliphatic heterocycles. The van der Waals surface area contributed by atoms with Gasteiger partial charge in [0.05, 0.1) is 17.2 Å². The van der Waals surface area contributed by atoms with Crippen molar-refractivity contribution in [2.24, 2.45) is 0 Å². The van der Waals surface area contributed by atoms with Gasteiger partial charge in [0.15, 0.2) is 0 Å². The molecule has 18 heavy (non-hydrogen) atoms. The Kier molecular flexibility index (Phi) is 4.31. The zero-order valence-electron chi connectivity index (χ0n) is 10.9. The first-order chi connectivity index (χ1) is 8.61. The highest BCUT2D eigenvalue weighted by atomic mass is 32.1. The molecule has 100 valence electrons. The number of amides is 1. The Balaban J connectivity index is 1.98. The van der Waals surface area contributed by atoms with Crippen molar-refractivity contribution in [2.45, 2.75) is 31.9 Å². The van der Waals surface area contributed by atoms with Crippen LogP contribution in [0.25, 0.3) is 0 Å². The van der Waals surface area contributed by atoms with E-state index in [0.29, 0.717) is 11.6 Å². The number of rotatable bonds is 4. The largest absolute Gasteiger partial charge is 0.378 e. The predicted octanol–water partition coefficient (Wildman–Crippen LogP) is 0.983. The van der Waals surface area contributed by atoms with E-state index in [0.717, 1.165) is 18.1 Å². The molecule has 1 amide bonds. The van der Waals surface area contributed by atoms with Gasteiger partial charge in [0.1, 0.15) is 5.69 Å². The van der Waals surface area contributed by atoms with E-state index >= 15 is 0 Å². The molecule has 0 saturated carbocycles. The van der Waals surface area contributed by atoms with Gasteiger partial charge >= 0.3 is 0 Å². The average molecular weight is 269 g/mol. The number of nitrogens with zero attached hydrogens (tertiary/aromatic N) is 1. The van der Waals surface area contributed by atoms with Gasteiger partial charge in [-0.2, -0.15) is 0 Å². The highest BCUT2D eigenvalue weighted by Gasteiger charge is 2.29. The zero-order chi connectivity index (χ0) is 13.1. The second-order valence-corrected chi connectivity index (χ2v) is 5.63. The van der Waals surface area contributed by atoms with Gasteiger partial charge in [0, 0.05) is 31.5 Å². The van der Waals surface area contributed by atoms with Crippen LogP contribution in [0, 0.1) is 0 Å². The van der Waals surface area contributed by atoms with Crippen molar-refractivity contribution in [3.05, 3.63) is 16.1 Å². The zero-order valence-corrected chi connectivity index (χ0v) is 11.7. The molecular weight excluding hydrogens is 250 g/mol. The molecule has 0 spiro atoms. The molecule has 5 nitrogen and oxygen atoms in total. The van der Waals surface area contributed by atoms with Crippen molar-refractivity contribution in [3.63, 3.8) is 0 Å². The Morgan fingerprint density at radius 3 is 3.00 bits per heavy atom. The van der Waals surface area contributed by atoms with Gasteiger partial charge in [0.25, 0.3) is 5.91 Å². The van der Waals surface area contributed by atoms with E-state index in [4.69, 9.17) is 4.74 Å². The van der Waals surface area contributed by atoms with E-state index in [-0.39, 0.29) is 18.1 Å². The Bertz CT molecular complexity index is 419. The van der Waals surface area contributed by atoms with Gasteiger partial charge in [-0.05, 0) is 0 Å².